The van der Waals surface area contributed by atoms with E-state index in [1.165, 1.54) is 88.4 Å². The van der Waals surface area contributed by atoms with E-state index in [1.807, 2.05) is 0 Å². The minimum absolute atomic E-state index is 0.441. The molecule has 0 unspecified atom stereocenters. The molecule has 2 rings (SSSR count). The highest BCUT2D eigenvalue weighted by Crippen LogP contribution is 2.29. The van der Waals surface area contributed by atoms with E-state index in [1.54, 1.807) is 0 Å². The summed E-state index contributed by atoms with van der Waals surface area (Å²) >= 11 is 0. The molecule has 0 aromatic heterocycles. The minimum Gasteiger partial charge on any atom is -0.364 e. The first-order chi connectivity index (χ1) is 10.9. The third kappa shape index (κ3) is 6.29. The Morgan fingerprint density at radius 2 is 1.14 bits per heavy atom. The molecule has 0 amide bonds. The number of nitrogens with one attached hydrogen (secondary N) is 2. The number of para-hydroxylation sites is 2. The standard InChI is InChI=1S/C20H34N2/c1-2-3-4-5-6-7-8-9-10-11-12-17-20-21-18-15-13-14-16-19(18)22-20/h13-16,20-22H,2-12,17H2,1H3. The van der Waals surface area contributed by atoms with Crippen LogP contribution in [0.15, 0.2) is 24.3 Å². The summed E-state index contributed by atoms with van der Waals surface area (Å²) in [6, 6.07) is 8.50. The van der Waals surface area contributed by atoms with Crippen molar-refractivity contribution in [3.05, 3.63) is 24.3 Å². The van der Waals surface area contributed by atoms with Gasteiger partial charge >= 0.3 is 0 Å². The number of benzene rings is 1. The minimum atomic E-state index is 0.441. The zero-order chi connectivity index (χ0) is 15.5. The second-order valence-electron chi connectivity index (χ2n) is 6.71. The average molecular weight is 303 g/mol. The molecule has 1 aliphatic rings. The van der Waals surface area contributed by atoms with E-state index in [4.69, 9.17) is 0 Å². The summed E-state index contributed by atoms with van der Waals surface area (Å²) in [6.45, 7) is 2.29. The third-order valence-corrected chi connectivity index (χ3v) is 4.68. The van der Waals surface area contributed by atoms with Crippen LogP contribution in [0, 0.1) is 0 Å². The summed E-state index contributed by atoms with van der Waals surface area (Å²) in [5.41, 5.74) is 2.52. The fraction of sp³-hybridized carbons (Fsp3) is 0.700. The maximum absolute atomic E-state index is 3.56. The van der Waals surface area contributed by atoms with Gasteiger partial charge < -0.3 is 10.6 Å². The Kier molecular flexibility index (Phi) is 8.22. The Hall–Kier alpha value is -1.18. The Labute approximate surface area is 137 Å². The first kappa shape index (κ1) is 17.2. The molecule has 0 saturated heterocycles. The number of hydrogen-bond acceptors (Lipinski definition) is 2. The Balaban J connectivity index is 1.38. The summed E-state index contributed by atoms with van der Waals surface area (Å²) in [6.07, 6.45) is 17.2. The highest BCUT2D eigenvalue weighted by Gasteiger charge is 2.17. The second kappa shape index (κ2) is 10.5. The predicted molar refractivity (Wildman–Crippen MR) is 98.6 cm³/mol. The van der Waals surface area contributed by atoms with Crippen LogP contribution in [-0.4, -0.2) is 6.17 Å². The van der Waals surface area contributed by atoms with Gasteiger partial charge in [-0.05, 0) is 25.0 Å². The second-order valence-corrected chi connectivity index (χ2v) is 6.71. The third-order valence-electron chi connectivity index (χ3n) is 4.68. The van der Waals surface area contributed by atoms with Crippen LogP contribution in [0.4, 0.5) is 11.4 Å². The van der Waals surface area contributed by atoms with Crippen molar-refractivity contribution in [2.24, 2.45) is 0 Å². The van der Waals surface area contributed by atoms with Gasteiger partial charge in [0.25, 0.3) is 0 Å². The fourth-order valence-corrected chi connectivity index (χ4v) is 3.30. The Bertz CT molecular complexity index is 377. The van der Waals surface area contributed by atoms with E-state index in [0.29, 0.717) is 6.17 Å². The molecule has 1 aromatic carbocycles. The van der Waals surface area contributed by atoms with Gasteiger partial charge in [0, 0.05) is 0 Å². The van der Waals surface area contributed by atoms with Gasteiger partial charge in [-0.15, -0.1) is 0 Å². The van der Waals surface area contributed by atoms with Crippen molar-refractivity contribution >= 4 is 11.4 Å². The Morgan fingerprint density at radius 3 is 1.64 bits per heavy atom. The van der Waals surface area contributed by atoms with Gasteiger partial charge in [0.15, 0.2) is 0 Å². The first-order valence-electron chi connectivity index (χ1n) is 9.52. The highest BCUT2D eigenvalue weighted by molar-refractivity contribution is 5.73. The van der Waals surface area contributed by atoms with Gasteiger partial charge in [0.1, 0.15) is 0 Å². The van der Waals surface area contributed by atoms with Crippen molar-refractivity contribution < 1.29 is 0 Å². The van der Waals surface area contributed by atoms with Crippen molar-refractivity contribution in [3.63, 3.8) is 0 Å². The van der Waals surface area contributed by atoms with Crippen molar-refractivity contribution in [2.45, 2.75) is 90.1 Å². The number of rotatable bonds is 12. The number of fused-ring (bicyclic) bond motifs is 1. The van der Waals surface area contributed by atoms with Crippen LogP contribution in [0.2, 0.25) is 0 Å². The first-order valence-corrected chi connectivity index (χ1v) is 9.52. The molecule has 1 aromatic rings. The molecular weight excluding hydrogens is 268 g/mol. The molecule has 2 N–H and O–H groups in total. The van der Waals surface area contributed by atoms with Crippen molar-refractivity contribution in [2.75, 3.05) is 10.6 Å². The number of hydrogen-bond donors (Lipinski definition) is 2. The largest absolute Gasteiger partial charge is 0.364 e. The maximum atomic E-state index is 3.56. The zero-order valence-electron chi connectivity index (χ0n) is 14.4. The molecule has 0 spiro atoms. The number of unbranched alkanes of at least 4 members (excludes halogenated alkanes) is 10. The molecule has 0 fully saturated rings. The van der Waals surface area contributed by atoms with E-state index >= 15 is 0 Å². The molecular formula is C20H34N2. The molecule has 0 saturated carbocycles. The van der Waals surface area contributed by atoms with E-state index in [0.717, 1.165) is 0 Å². The summed E-state index contributed by atoms with van der Waals surface area (Å²) in [5.74, 6) is 0. The van der Waals surface area contributed by atoms with Gasteiger partial charge in [0.05, 0.1) is 17.5 Å². The topological polar surface area (TPSA) is 24.1 Å². The van der Waals surface area contributed by atoms with Crippen LogP contribution in [0.5, 0.6) is 0 Å². The van der Waals surface area contributed by atoms with Crippen LogP contribution >= 0.6 is 0 Å². The summed E-state index contributed by atoms with van der Waals surface area (Å²) in [4.78, 5) is 0. The molecule has 0 aliphatic carbocycles. The van der Waals surface area contributed by atoms with Crippen molar-refractivity contribution in [1.29, 1.82) is 0 Å². The van der Waals surface area contributed by atoms with Gasteiger partial charge in [-0.25, -0.2) is 0 Å². The SMILES string of the molecule is CCCCCCCCCCCCCC1Nc2ccccc2N1. The lowest BCUT2D eigenvalue weighted by Crippen LogP contribution is -2.21. The van der Waals surface area contributed by atoms with Crippen LogP contribution < -0.4 is 10.6 Å². The summed E-state index contributed by atoms with van der Waals surface area (Å²) < 4.78 is 0. The Morgan fingerprint density at radius 1 is 0.682 bits per heavy atom. The fourth-order valence-electron chi connectivity index (χ4n) is 3.30. The van der Waals surface area contributed by atoms with Gasteiger partial charge in [0.2, 0.25) is 0 Å². The monoisotopic (exact) mass is 302 g/mol. The van der Waals surface area contributed by atoms with E-state index in [2.05, 4.69) is 41.8 Å². The normalized spacial score (nSPS) is 13.7. The lowest BCUT2D eigenvalue weighted by atomic mass is 10.0. The van der Waals surface area contributed by atoms with E-state index in [-0.39, 0.29) is 0 Å². The van der Waals surface area contributed by atoms with Crippen molar-refractivity contribution in [3.8, 4) is 0 Å². The van der Waals surface area contributed by atoms with E-state index in [9.17, 15) is 0 Å². The predicted octanol–water partition coefficient (Wildman–Crippen LogP) is 6.55. The smallest absolute Gasteiger partial charge is 0.0964 e. The van der Waals surface area contributed by atoms with Crippen LogP contribution in [0.25, 0.3) is 0 Å². The molecule has 2 heteroatoms. The van der Waals surface area contributed by atoms with Crippen LogP contribution in [-0.2, 0) is 0 Å². The van der Waals surface area contributed by atoms with Crippen molar-refractivity contribution in [1.82, 2.24) is 0 Å². The van der Waals surface area contributed by atoms with Gasteiger partial charge in [-0.3, -0.25) is 0 Å². The molecule has 2 nitrogen and oxygen atoms in total. The van der Waals surface area contributed by atoms with Gasteiger partial charge in [-0.2, -0.15) is 0 Å². The lowest BCUT2D eigenvalue weighted by molar-refractivity contribution is 0.538. The molecule has 1 aliphatic heterocycles. The summed E-state index contributed by atoms with van der Waals surface area (Å²) in [7, 11) is 0. The zero-order valence-corrected chi connectivity index (χ0v) is 14.4. The molecule has 1 heterocycles. The molecule has 0 bridgehead atoms. The van der Waals surface area contributed by atoms with Gasteiger partial charge in [-0.1, -0.05) is 83.3 Å². The van der Waals surface area contributed by atoms with E-state index < -0.39 is 0 Å². The highest BCUT2D eigenvalue weighted by atomic mass is 15.2. The average Bonchev–Trinajstić information content (AvgIpc) is 2.95. The molecule has 0 atom stereocenters. The molecule has 22 heavy (non-hydrogen) atoms. The molecule has 0 radical (unpaired) electrons. The van der Waals surface area contributed by atoms with Crippen LogP contribution in [0.1, 0.15) is 84.0 Å². The molecule has 124 valence electrons. The quantitative estimate of drug-likeness (QED) is 0.428. The lowest BCUT2D eigenvalue weighted by Gasteiger charge is -2.11. The summed E-state index contributed by atoms with van der Waals surface area (Å²) in [5, 5.41) is 7.12. The van der Waals surface area contributed by atoms with Crippen LogP contribution in [0.3, 0.4) is 0 Å². The maximum Gasteiger partial charge on any atom is 0.0964 e. The number of anilines is 2.